The summed E-state index contributed by atoms with van der Waals surface area (Å²) < 4.78 is 5.63. The molecule has 1 saturated heterocycles. The molecule has 88 valence electrons. The Hall–Kier alpha value is -1.22. The Bertz CT molecular complexity index is 346. The van der Waals surface area contributed by atoms with Gasteiger partial charge in [0.2, 0.25) is 0 Å². The maximum atomic E-state index is 5.63. The van der Waals surface area contributed by atoms with Crippen LogP contribution in [0.2, 0.25) is 0 Å². The van der Waals surface area contributed by atoms with Gasteiger partial charge in [0.15, 0.2) is 0 Å². The third-order valence-electron chi connectivity index (χ3n) is 2.95. The van der Waals surface area contributed by atoms with Gasteiger partial charge in [-0.05, 0) is 25.5 Å². The molecule has 1 fully saturated rings. The minimum atomic E-state index is 0.728. The molecular weight excluding hydrogens is 200 g/mol. The smallest absolute Gasteiger partial charge is 0.124 e. The highest BCUT2D eigenvalue weighted by atomic mass is 16.5. The van der Waals surface area contributed by atoms with Gasteiger partial charge in [0.25, 0.3) is 0 Å². The van der Waals surface area contributed by atoms with E-state index in [1.807, 2.05) is 6.92 Å². The van der Waals surface area contributed by atoms with E-state index in [-0.39, 0.29) is 0 Å². The predicted octanol–water partition coefficient (Wildman–Crippen LogP) is 1.80. The average Bonchev–Trinajstić information content (AvgIpc) is 2.33. The second-order valence-electron chi connectivity index (χ2n) is 4.12. The summed E-state index contributed by atoms with van der Waals surface area (Å²) in [5.41, 5.74) is 2.48. The van der Waals surface area contributed by atoms with Crippen LogP contribution in [0.5, 0.6) is 5.75 Å². The first-order valence-corrected chi connectivity index (χ1v) is 6.00. The van der Waals surface area contributed by atoms with Gasteiger partial charge in [-0.25, -0.2) is 0 Å². The highest BCUT2D eigenvalue weighted by molar-refractivity contribution is 5.53. The Morgan fingerprint density at radius 1 is 1.31 bits per heavy atom. The van der Waals surface area contributed by atoms with E-state index in [0.717, 1.165) is 38.5 Å². The molecule has 1 aliphatic rings. The van der Waals surface area contributed by atoms with Crippen molar-refractivity contribution in [2.24, 2.45) is 0 Å². The zero-order valence-electron chi connectivity index (χ0n) is 10.1. The van der Waals surface area contributed by atoms with Gasteiger partial charge in [-0.1, -0.05) is 6.07 Å². The molecule has 1 N–H and O–H groups in total. The number of aryl methyl sites for hydroxylation is 1. The largest absolute Gasteiger partial charge is 0.494 e. The SMILES string of the molecule is CCOc1cc(N2CCNCC2)ccc1C. The monoisotopic (exact) mass is 220 g/mol. The average molecular weight is 220 g/mol. The molecule has 0 radical (unpaired) electrons. The van der Waals surface area contributed by atoms with E-state index >= 15 is 0 Å². The van der Waals surface area contributed by atoms with Crippen molar-refractivity contribution in [1.29, 1.82) is 0 Å². The van der Waals surface area contributed by atoms with Crippen molar-refractivity contribution in [2.45, 2.75) is 13.8 Å². The molecule has 0 aromatic heterocycles. The Kier molecular flexibility index (Phi) is 3.67. The summed E-state index contributed by atoms with van der Waals surface area (Å²) in [5, 5.41) is 3.36. The molecule has 2 rings (SSSR count). The Morgan fingerprint density at radius 3 is 2.75 bits per heavy atom. The predicted molar refractivity (Wildman–Crippen MR) is 67.4 cm³/mol. The van der Waals surface area contributed by atoms with Gasteiger partial charge in [-0.3, -0.25) is 0 Å². The summed E-state index contributed by atoms with van der Waals surface area (Å²) in [5.74, 6) is 1.01. The van der Waals surface area contributed by atoms with Crippen LogP contribution in [0, 0.1) is 6.92 Å². The number of anilines is 1. The van der Waals surface area contributed by atoms with Crippen LogP contribution in [0.3, 0.4) is 0 Å². The van der Waals surface area contributed by atoms with Crippen LogP contribution >= 0.6 is 0 Å². The minimum absolute atomic E-state index is 0.728. The number of hydrogen-bond donors (Lipinski definition) is 1. The first-order chi connectivity index (χ1) is 7.81. The van der Waals surface area contributed by atoms with Crippen molar-refractivity contribution in [2.75, 3.05) is 37.7 Å². The lowest BCUT2D eigenvalue weighted by molar-refractivity contribution is 0.338. The van der Waals surface area contributed by atoms with Crippen LogP contribution in [0.4, 0.5) is 5.69 Å². The molecule has 1 aromatic rings. The topological polar surface area (TPSA) is 24.5 Å². The number of piperazine rings is 1. The number of benzene rings is 1. The van der Waals surface area contributed by atoms with Crippen LogP contribution in [0.15, 0.2) is 18.2 Å². The summed E-state index contributed by atoms with van der Waals surface area (Å²) in [7, 11) is 0. The zero-order valence-corrected chi connectivity index (χ0v) is 10.1. The fourth-order valence-electron chi connectivity index (χ4n) is 2.02. The zero-order chi connectivity index (χ0) is 11.4. The van der Waals surface area contributed by atoms with E-state index < -0.39 is 0 Å². The standard InChI is InChI=1S/C13H20N2O/c1-3-16-13-10-12(5-4-11(13)2)15-8-6-14-7-9-15/h4-5,10,14H,3,6-9H2,1-2H3. The Labute approximate surface area is 97.4 Å². The molecule has 0 unspecified atom stereocenters. The van der Waals surface area contributed by atoms with Crippen molar-refractivity contribution >= 4 is 5.69 Å². The maximum absolute atomic E-state index is 5.63. The molecule has 3 nitrogen and oxygen atoms in total. The molecular formula is C13H20N2O. The lowest BCUT2D eigenvalue weighted by atomic mass is 10.2. The fraction of sp³-hybridized carbons (Fsp3) is 0.538. The summed E-state index contributed by atoms with van der Waals surface area (Å²) in [6, 6.07) is 6.48. The molecule has 3 heteroatoms. The third-order valence-corrected chi connectivity index (χ3v) is 2.95. The van der Waals surface area contributed by atoms with E-state index in [9.17, 15) is 0 Å². The van der Waals surface area contributed by atoms with Crippen molar-refractivity contribution in [3.63, 3.8) is 0 Å². The number of rotatable bonds is 3. The number of hydrogen-bond acceptors (Lipinski definition) is 3. The van der Waals surface area contributed by atoms with E-state index in [2.05, 4.69) is 35.3 Å². The molecule has 0 atom stereocenters. The van der Waals surface area contributed by atoms with E-state index in [0.29, 0.717) is 0 Å². The van der Waals surface area contributed by atoms with Gasteiger partial charge in [-0.15, -0.1) is 0 Å². The van der Waals surface area contributed by atoms with Gasteiger partial charge < -0.3 is 15.0 Å². The van der Waals surface area contributed by atoms with Gasteiger partial charge in [0.1, 0.15) is 5.75 Å². The van der Waals surface area contributed by atoms with Gasteiger partial charge in [-0.2, -0.15) is 0 Å². The molecule has 0 amide bonds. The van der Waals surface area contributed by atoms with E-state index in [1.165, 1.54) is 11.3 Å². The number of nitrogens with zero attached hydrogens (tertiary/aromatic N) is 1. The van der Waals surface area contributed by atoms with Crippen molar-refractivity contribution < 1.29 is 4.74 Å². The first-order valence-electron chi connectivity index (χ1n) is 6.00. The molecule has 0 spiro atoms. The third kappa shape index (κ3) is 2.47. The Balaban J connectivity index is 2.17. The Morgan fingerprint density at radius 2 is 2.06 bits per heavy atom. The fourth-order valence-corrected chi connectivity index (χ4v) is 2.02. The number of ether oxygens (including phenoxy) is 1. The highest BCUT2D eigenvalue weighted by Gasteiger charge is 2.11. The first kappa shape index (κ1) is 11.3. The molecule has 1 heterocycles. The van der Waals surface area contributed by atoms with E-state index in [1.54, 1.807) is 0 Å². The molecule has 0 saturated carbocycles. The summed E-state index contributed by atoms with van der Waals surface area (Å²) in [6.45, 7) is 9.13. The van der Waals surface area contributed by atoms with Crippen LogP contribution in [0.1, 0.15) is 12.5 Å². The van der Waals surface area contributed by atoms with Crippen LogP contribution in [-0.4, -0.2) is 32.8 Å². The molecule has 16 heavy (non-hydrogen) atoms. The molecule has 1 aliphatic heterocycles. The quantitative estimate of drug-likeness (QED) is 0.840. The minimum Gasteiger partial charge on any atom is -0.494 e. The normalized spacial score (nSPS) is 16.2. The second kappa shape index (κ2) is 5.21. The molecule has 0 bridgehead atoms. The summed E-state index contributed by atoms with van der Waals surface area (Å²) in [6.07, 6.45) is 0. The van der Waals surface area contributed by atoms with Gasteiger partial charge in [0, 0.05) is 37.9 Å². The van der Waals surface area contributed by atoms with Crippen LogP contribution in [0.25, 0.3) is 0 Å². The molecule has 1 aromatic carbocycles. The summed E-state index contributed by atoms with van der Waals surface area (Å²) in [4.78, 5) is 2.40. The lowest BCUT2D eigenvalue weighted by Gasteiger charge is -2.29. The van der Waals surface area contributed by atoms with Crippen molar-refractivity contribution in [1.82, 2.24) is 5.32 Å². The second-order valence-corrected chi connectivity index (χ2v) is 4.12. The van der Waals surface area contributed by atoms with Gasteiger partial charge >= 0.3 is 0 Å². The van der Waals surface area contributed by atoms with Crippen molar-refractivity contribution in [3.8, 4) is 5.75 Å². The summed E-state index contributed by atoms with van der Waals surface area (Å²) >= 11 is 0. The number of nitrogens with one attached hydrogen (secondary N) is 1. The lowest BCUT2D eigenvalue weighted by Crippen LogP contribution is -2.43. The maximum Gasteiger partial charge on any atom is 0.124 e. The van der Waals surface area contributed by atoms with Crippen LogP contribution < -0.4 is 15.0 Å². The van der Waals surface area contributed by atoms with E-state index in [4.69, 9.17) is 4.74 Å². The molecule has 0 aliphatic carbocycles. The van der Waals surface area contributed by atoms with Gasteiger partial charge in [0.05, 0.1) is 6.61 Å². The van der Waals surface area contributed by atoms with Crippen LogP contribution in [-0.2, 0) is 0 Å². The highest BCUT2D eigenvalue weighted by Crippen LogP contribution is 2.25. The van der Waals surface area contributed by atoms with Crippen molar-refractivity contribution in [3.05, 3.63) is 23.8 Å².